The Morgan fingerprint density at radius 3 is 2.33 bits per heavy atom. The van der Waals surface area contributed by atoms with Crippen molar-refractivity contribution in [2.24, 2.45) is 5.73 Å². The van der Waals surface area contributed by atoms with Crippen LogP contribution in [0.4, 0.5) is 0 Å². The second kappa shape index (κ2) is 8.76. The zero-order chi connectivity index (χ0) is 21.1. The summed E-state index contributed by atoms with van der Waals surface area (Å²) in [6.45, 7) is -0.343. The van der Waals surface area contributed by atoms with Crippen LogP contribution in [0.5, 0.6) is 0 Å². The maximum atomic E-state index is 13.3. The van der Waals surface area contributed by atoms with E-state index in [0.29, 0.717) is 11.3 Å². The van der Waals surface area contributed by atoms with E-state index in [9.17, 15) is 9.59 Å². The van der Waals surface area contributed by atoms with Crippen LogP contribution in [0.15, 0.2) is 71.9 Å². The minimum absolute atomic E-state index is 0.114. The molecule has 2 aromatic rings. The molecule has 0 radical (unpaired) electrons. The average Bonchev–Trinajstić information content (AvgIpc) is 2.81. The van der Waals surface area contributed by atoms with E-state index in [0.717, 1.165) is 11.1 Å². The molecule has 4 rings (SSSR count). The fraction of sp³-hybridized carbons (Fsp3) is 0.217. The van der Waals surface area contributed by atoms with Gasteiger partial charge in [0.1, 0.15) is 23.7 Å². The van der Waals surface area contributed by atoms with Crippen molar-refractivity contribution in [3.8, 4) is 11.8 Å². The van der Waals surface area contributed by atoms with Gasteiger partial charge in [-0.05, 0) is 11.1 Å². The maximum absolute atomic E-state index is 13.3. The van der Waals surface area contributed by atoms with E-state index in [-0.39, 0.29) is 23.6 Å². The summed E-state index contributed by atoms with van der Waals surface area (Å²) in [6.07, 6.45) is -0.641. The van der Waals surface area contributed by atoms with Gasteiger partial charge in [0.2, 0.25) is 5.91 Å². The van der Waals surface area contributed by atoms with Crippen molar-refractivity contribution >= 4 is 23.6 Å². The fourth-order valence-corrected chi connectivity index (χ4v) is 4.72. The van der Waals surface area contributed by atoms with Gasteiger partial charge in [0.25, 0.3) is 0 Å². The Labute approximate surface area is 178 Å². The van der Waals surface area contributed by atoms with Crippen LogP contribution in [-0.4, -0.2) is 45.7 Å². The number of carbonyl (C=O) groups is 2. The van der Waals surface area contributed by atoms with Crippen LogP contribution in [0.3, 0.4) is 0 Å². The molecule has 0 bridgehead atoms. The lowest BCUT2D eigenvalue weighted by atomic mass is 10.0. The number of thioether (sulfide) groups is 1. The fourth-order valence-electron chi connectivity index (χ4n) is 3.49. The summed E-state index contributed by atoms with van der Waals surface area (Å²) in [5, 5.41) is 8.76. The van der Waals surface area contributed by atoms with Crippen molar-refractivity contribution < 1.29 is 19.4 Å². The highest BCUT2D eigenvalue weighted by atomic mass is 32.2. The molecule has 1 saturated heterocycles. The molecule has 0 spiro atoms. The number of ether oxygens (including phenoxy) is 1. The first kappa shape index (κ1) is 20.2. The molecule has 2 aromatic carbocycles. The number of hydrogen-bond acceptors (Lipinski definition) is 6. The van der Waals surface area contributed by atoms with Crippen LogP contribution >= 0.6 is 11.8 Å². The highest BCUT2D eigenvalue weighted by Crippen LogP contribution is 2.40. The molecule has 1 amide bonds. The topological polar surface area (TPSA) is 92.9 Å². The normalized spacial score (nSPS) is 20.2. The average molecular weight is 420 g/mol. The predicted molar refractivity (Wildman–Crippen MR) is 114 cm³/mol. The Hall–Kier alpha value is -3.05. The molecule has 0 aromatic heterocycles. The molecule has 0 aliphatic carbocycles. The van der Waals surface area contributed by atoms with Crippen LogP contribution in [-0.2, 0) is 14.3 Å². The minimum atomic E-state index is -0.649. The third-order valence-electron chi connectivity index (χ3n) is 4.95. The van der Waals surface area contributed by atoms with Crippen LogP contribution in [0.2, 0.25) is 0 Å². The van der Waals surface area contributed by atoms with Crippen LogP contribution in [0, 0.1) is 11.8 Å². The first-order valence-electron chi connectivity index (χ1n) is 9.46. The zero-order valence-electron chi connectivity index (χ0n) is 16.0. The smallest absolute Gasteiger partial charge is 0.357 e. The lowest BCUT2D eigenvalue weighted by molar-refractivity contribution is -0.153. The molecule has 2 atom stereocenters. The lowest BCUT2D eigenvalue weighted by Crippen LogP contribution is -2.68. The second-order valence-corrected chi connectivity index (χ2v) is 7.93. The number of nitrogens with two attached hydrogens (primary N) is 1. The molecule has 2 aliphatic heterocycles. The molecular formula is C23H20N2O4S. The largest absolute Gasteiger partial charge is 0.448 e. The molecular weight excluding hydrogens is 400 g/mol. The Kier molecular flexibility index (Phi) is 5.91. The molecule has 6 nitrogen and oxygen atoms in total. The number of fused-ring (bicyclic) bond motifs is 1. The summed E-state index contributed by atoms with van der Waals surface area (Å²) in [5.74, 6) is 4.81. The van der Waals surface area contributed by atoms with E-state index in [1.807, 2.05) is 60.7 Å². The van der Waals surface area contributed by atoms with Crippen molar-refractivity contribution in [3.63, 3.8) is 0 Å². The van der Waals surface area contributed by atoms with Crippen molar-refractivity contribution in [3.05, 3.63) is 83.1 Å². The number of carbonyl (C=O) groups excluding carboxylic acids is 2. The summed E-state index contributed by atoms with van der Waals surface area (Å²) in [5.41, 5.74) is 8.10. The number of benzene rings is 2. The molecule has 0 saturated carbocycles. The number of hydrogen-bond donors (Lipinski definition) is 2. The Morgan fingerprint density at radius 2 is 1.77 bits per heavy atom. The summed E-state index contributed by atoms with van der Waals surface area (Å²) in [7, 11) is 0. The maximum Gasteiger partial charge on any atom is 0.357 e. The first-order valence-corrected chi connectivity index (χ1v) is 10.5. The summed E-state index contributed by atoms with van der Waals surface area (Å²) in [4.78, 5) is 27.1. The molecule has 30 heavy (non-hydrogen) atoms. The molecule has 3 N–H and O–H groups in total. The van der Waals surface area contributed by atoms with Gasteiger partial charge in [-0.25, -0.2) is 4.79 Å². The number of aliphatic hydroxyl groups excluding tert-OH is 1. The Morgan fingerprint density at radius 1 is 1.17 bits per heavy atom. The van der Waals surface area contributed by atoms with Crippen molar-refractivity contribution in [2.45, 2.75) is 17.5 Å². The molecule has 7 heteroatoms. The van der Waals surface area contributed by atoms with Crippen molar-refractivity contribution in [1.82, 2.24) is 4.90 Å². The quantitative estimate of drug-likeness (QED) is 0.445. The molecule has 152 valence electrons. The van der Waals surface area contributed by atoms with E-state index in [1.54, 1.807) is 0 Å². The summed E-state index contributed by atoms with van der Waals surface area (Å²) in [6, 6.07) is 18.2. The van der Waals surface area contributed by atoms with Crippen LogP contribution in [0.1, 0.15) is 17.2 Å². The van der Waals surface area contributed by atoms with E-state index in [4.69, 9.17) is 15.6 Å². The van der Waals surface area contributed by atoms with Gasteiger partial charge in [-0.15, -0.1) is 11.8 Å². The van der Waals surface area contributed by atoms with Crippen molar-refractivity contribution in [2.75, 3.05) is 12.4 Å². The monoisotopic (exact) mass is 420 g/mol. The minimum Gasteiger partial charge on any atom is -0.448 e. The SMILES string of the molecule is N[C@@H]1C(=O)N2C(C(=O)OC(c3ccccc3)c3ccccc3)=C(C#CCO)CS[C@H]12. The van der Waals surface area contributed by atoms with Gasteiger partial charge in [-0.2, -0.15) is 0 Å². The number of amides is 1. The van der Waals surface area contributed by atoms with Gasteiger partial charge < -0.3 is 15.6 Å². The number of rotatable bonds is 4. The van der Waals surface area contributed by atoms with Gasteiger partial charge >= 0.3 is 5.97 Å². The third-order valence-corrected chi connectivity index (χ3v) is 6.25. The van der Waals surface area contributed by atoms with Crippen LogP contribution < -0.4 is 5.73 Å². The molecule has 1 fully saturated rings. The standard InChI is InChI=1S/C23H20N2O4S/c24-18-21(27)25-19(17(12-7-13-26)14-30-22(18)25)23(28)29-20(15-8-3-1-4-9-15)16-10-5-2-6-11-16/h1-6,8-11,18,20,22,26H,13-14,24H2/t18-,22-/m1/s1. The summed E-state index contributed by atoms with van der Waals surface area (Å²) < 4.78 is 5.94. The highest BCUT2D eigenvalue weighted by Gasteiger charge is 2.52. The van der Waals surface area contributed by atoms with Gasteiger partial charge in [-0.1, -0.05) is 72.5 Å². The van der Waals surface area contributed by atoms with Gasteiger partial charge in [0.05, 0.1) is 0 Å². The van der Waals surface area contributed by atoms with Crippen molar-refractivity contribution in [1.29, 1.82) is 0 Å². The third kappa shape index (κ3) is 3.73. The number of β-lactam (4-membered cyclic amide) rings is 1. The van der Waals surface area contributed by atoms with Gasteiger partial charge in [0, 0.05) is 11.3 Å². The van der Waals surface area contributed by atoms with E-state index in [1.165, 1.54) is 16.7 Å². The second-order valence-electron chi connectivity index (χ2n) is 6.83. The first-order chi connectivity index (χ1) is 14.6. The molecule has 0 unspecified atom stereocenters. The van der Waals surface area contributed by atoms with E-state index in [2.05, 4.69) is 11.8 Å². The molecule has 2 aliphatic rings. The Bertz CT molecular complexity index is 1000. The number of aliphatic hydroxyl groups is 1. The lowest BCUT2D eigenvalue weighted by Gasteiger charge is -2.47. The van der Waals surface area contributed by atoms with Gasteiger partial charge in [-0.3, -0.25) is 9.69 Å². The van der Waals surface area contributed by atoms with E-state index >= 15 is 0 Å². The van der Waals surface area contributed by atoms with Crippen LogP contribution in [0.25, 0.3) is 0 Å². The van der Waals surface area contributed by atoms with E-state index < -0.39 is 18.1 Å². The zero-order valence-corrected chi connectivity index (χ0v) is 16.8. The number of esters is 1. The molecule has 2 heterocycles. The summed E-state index contributed by atoms with van der Waals surface area (Å²) >= 11 is 1.45. The highest BCUT2D eigenvalue weighted by molar-refractivity contribution is 8.00. The Balaban J connectivity index is 1.71. The number of nitrogens with zero attached hydrogens (tertiary/aromatic N) is 1. The van der Waals surface area contributed by atoms with Gasteiger partial charge in [0.15, 0.2) is 6.10 Å². The predicted octanol–water partition coefficient (Wildman–Crippen LogP) is 1.81.